The highest BCUT2D eigenvalue weighted by molar-refractivity contribution is 5.86. The highest BCUT2D eigenvalue weighted by Gasteiger charge is 2.33. The summed E-state index contributed by atoms with van der Waals surface area (Å²) in [7, 11) is 1.84. The molecule has 1 aliphatic rings. The number of nitrogens with zero attached hydrogens (tertiary/aromatic N) is 3. The van der Waals surface area contributed by atoms with Gasteiger partial charge in [0, 0.05) is 32.8 Å². The number of rotatable bonds is 4. The number of carboxylic acids is 1. The summed E-state index contributed by atoms with van der Waals surface area (Å²) in [5.74, 6) is -1.50. The van der Waals surface area contributed by atoms with E-state index >= 15 is 0 Å². The van der Waals surface area contributed by atoms with Crippen LogP contribution in [0.2, 0.25) is 0 Å². The van der Waals surface area contributed by atoms with Crippen molar-refractivity contribution in [2.75, 3.05) is 13.1 Å². The summed E-state index contributed by atoms with van der Waals surface area (Å²) in [6.45, 7) is 0.892. The van der Waals surface area contributed by atoms with Gasteiger partial charge in [-0.25, -0.2) is 0 Å². The molecule has 0 bridgehead atoms. The fourth-order valence-corrected chi connectivity index (χ4v) is 2.02. The highest BCUT2D eigenvalue weighted by Crippen LogP contribution is 2.18. The third-order valence-corrected chi connectivity index (χ3v) is 2.99. The molecule has 0 aromatic carbocycles. The van der Waals surface area contributed by atoms with Crippen molar-refractivity contribution in [3.63, 3.8) is 0 Å². The van der Waals surface area contributed by atoms with Gasteiger partial charge in [0.05, 0.1) is 12.1 Å². The minimum atomic E-state index is -0.887. The van der Waals surface area contributed by atoms with Crippen LogP contribution >= 0.6 is 0 Å². The molecular formula is C11H15N3O3. The first-order valence-corrected chi connectivity index (χ1v) is 5.54. The number of aryl methyl sites for hydroxylation is 1. The monoisotopic (exact) mass is 237 g/mol. The average Bonchev–Trinajstić information content (AvgIpc) is 2.82. The summed E-state index contributed by atoms with van der Waals surface area (Å²) in [6, 6.07) is 0. The molecule has 1 N–H and O–H groups in total. The normalized spacial score (nSPS) is 19.9. The zero-order chi connectivity index (χ0) is 12.4. The molecule has 92 valence electrons. The number of carbonyl (C=O) groups is 2. The summed E-state index contributed by atoms with van der Waals surface area (Å²) >= 11 is 0. The number of amides is 1. The lowest BCUT2D eigenvalue weighted by molar-refractivity contribution is -0.141. The van der Waals surface area contributed by atoms with E-state index in [4.69, 9.17) is 5.11 Å². The van der Waals surface area contributed by atoms with Crippen molar-refractivity contribution in [1.82, 2.24) is 14.7 Å². The minimum Gasteiger partial charge on any atom is -0.481 e. The fraction of sp³-hybridized carbons (Fsp3) is 0.545. The number of carbonyl (C=O) groups excluding carboxylic acids is 1. The van der Waals surface area contributed by atoms with Gasteiger partial charge >= 0.3 is 5.97 Å². The second kappa shape index (κ2) is 4.57. The SMILES string of the molecule is Cn1cc(CCN2CC(C(=O)O)CC2=O)cn1. The van der Waals surface area contributed by atoms with Crippen LogP contribution in [-0.2, 0) is 23.1 Å². The molecule has 6 heteroatoms. The standard InChI is InChI=1S/C11H15N3O3/c1-13-6-8(5-12-13)2-3-14-7-9(11(16)17)4-10(14)15/h5-6,9H,2-4,7H2,1H3,(H,16,17). The Morgan fingerprint density at radius 1 is 1.65 bits per heavy atom. The molecular weight excluding hydrogens is 222 g/mol. The summed E-state index contributed by atoms with van der Waals surface area (Å²) < 4.78 is 1.71. The van der Waals surface area contributed by atoms with Crippen LogP contribution in [0, 0.1) is 5.92 Å². The Balaban J connectivity index is 1.88. The predicted molar refractivity (Wildman–Crippen MR) is 59.2 cm³/mol. The molecule has 6 nitrogen and oxygen atoms in total. The average molecular weight is 237 g/mol. The van der Waals surface area contributed by atoms with Gasteiger partial charge in [-0.05, 0) is 12.0 Å². The summed E-state index contributed by atoms with van der Waals surface area (Å²) in [5.41, 5.74) is 1.05. The fourth-order valence-electron chi connectivity index (χ4n) is 2.02. The van der Waals surface area contributed by atoms with Crippen molar-refractivity contribution in [3.8, 4) is 0 Å². The second-order valence-corrected chi connectivity index (χ2v) is 4.35. The van der Waals surface area contributed by atoms with Crippen LogP contribution in [0.1, 0.15) is 12.0 Å². The molecule has 0 spiro atoms. The Kier molecular flexibility index (Phi) is 3.12. The highest BCUT2D eigenvalue weighted by atomic mass is 16.4. The molecule has 1 saturated heterocycles. The van der Waals surface area contributed by atoms with E-state index in [9.17, 15) is 9.59 Å². The van der Waals surface area contributed by atoms with E-state index in [0.717, 1.165) is 5.56 Å². The van der Waals surface area contributed by atoms with Crippen molar-refractivity contribution in [1.29, 1.82) is 0 Å². The van der Waals surface area contributed by atoms with Gasteiger partial charge in [0.2, 0.25) is 5.91 Å². The summed E-state index contributed by atoms with van der Waals surface area (Å²) in [4.78, 5) is 24.0. The van der Waals surface area contributed by atoms with Crippen molar-refractivity contribution in [2.45, 2.75) is 12.8 Å². The van der Waals surface area contributed by atoms with E-state index in [0.29, 0.717) is 19.5 Å². The van der Waals surface area contributed by atoms with E-state index in [1.165, 1.54) is 0 Å². The second-order valence-electron chi connectivity index (χ2n) is 4.35. The Labute approximate surface area is 98.8 Å². The van der Waals surface area contributed by atoms with Gasteiger partial charge in [-0.15, -0.1) is 0 Å². The van der Waals surface area contributed by atoms with Crippen LogP contribution < -0.4 is 0 Å². The quantitative estimate of drug-likeness (QED) is 0.793. The molecule has 1 fully saturated rings. The number of carboxylic acid groups (broad SMARTS) is 1. The molecule has 1 amide bonds. The predicted octanol–water partition coefficient (Wildman–Crippen LogP) is -0.104. The van der Waals surface area contributed by atoms with Crippen molar-refractivity contribution in [2.24, 2.45) is 13.0 Å². The van der Waals surface area contributed by atoms with Crippen LogP contribution in [0.25, 0.3) is 0 Å². The molecule has 17 heavy (non-hydrogen) atoms. The molecule has 1 aliphatic heterocycles. The molecule has 2 heterocycles. The van der Waals surface area contributed by atoms with Gasteiger partial charge in [0.25, 0.3) is 0 Å². The largest absolute Gasteiger partial charge is 0.481 e. The topological polar surface area (TPSA) is 75.4 Å². The van der Waals surface area contributed by atoms with Gasteiger partial charge in [0.1, 0.15) is 0 Å². The molecule has 1 atom stereocenters. The van der Waals surface area contributed by atoms with E-state index < -0.39 is 11.9 Å². The zero-order valence-corrected chi connectivity index (χ0v) is 9.67. The third-order valence-electron chi connectivity index (χ3n) is 2.99. The van der Waals surface area contributed by atoms with E-state index in [2.05, 4.69) is 5.10 Å². The molecule has 1 aromatic heterocycles. The van der Waals surface area contributed by atoms with Crippen LogP contribution in [-0.4, -0.2) is 44.8 Å². The van der Waals surface area contributed by atoms with E-state index in [-0.39, 0.29) is 12.3 Å². The first kappa shape index (κ1) is 11.6. The molecule has 0 radical (unpaired) electrons. The smallest absolute Gasteiger partial charge is 0.308 e. The Morgan fingerprint density at radius 3 is 2.94 bits per heavy atom. The van der Waals surface area contributed by atoms with Gasteiger partial charge in [-0.2, -0.15) is 5.10 Å². The number of hydrogen-bond donors (Lipinski definition) is 1. The maximum Gasteiger partial charge on any atom is 0.308 e. The van der Waals surface area contributed by atoms with Crippen molar-refractivity contribution < 1.29 is 14.7 Å². The van der Waals surface area contributed by atoms with Gasteiger partial charge in [0.15, 0.2) is 0 Å². The first-order valence-electron chi connectivity index (χ1n) is 5.54. The molecule has 1 aromatic rings. The lowest BCUT2D eigenvalue weighted by atomic mass is 10.1. The van der Waals surface area contributed by atoms with E-state index in [1.807, 2.05) is 13.2 Å². The molecule has 0 saturated carbocycles. The molecule has 0 aliphatic carbocycles. The maximum absolute atomic E-state index is 11.6. The van der Waals surface area contributed by atoms with Crippen LogP contribution in [0.3, 0.4) is 0 Å². The van der Waals surface area contributed by atoms with Crippen LogP contribution in [0.15, 0.2) is 12.4 Å². The Morgan fingerprint density at radius 2 is 2.41 bits per heavy atom. The lowest BCUT2D eigenvalue weighted by Crippen LogP contribution is -2.28. The Bertz CT molecular complexity index is 441. The lowest BCUT2D eigenvalue weighted by Gasteiger charge is -2.14. The Hall–Kier alpha value is -1.85. The van der Waals surface area contributed by atoms with Crippen molar-refractivity contribution in [3.05, 3.63) is 18.0 Å². The first-order chi connectivity index (χ1) is 8.06. The molecule has 1 unspecified atom stereocenters. The van der Waals surface area contributed by atoms with Crippen molar-refractivity contribution >= 4 is 11.9 Å². The zero-order valence-electron chi connectivity index (χ0n) is 9.67. The maximum atomic E-state index is 11.6. The van der Waals surface area contributed by atoms with Gasteiger partial charge in [-0.1, -0.05) is 0 Å². The number of likely N-dealkylation sites (tertiary alicyclic amines) is 1. The number of aliphatic carboxylic acids is 1. The van der Waals surface area contributed by atoms with Gasteiger partial charge < -0.3 is 10.0 Å². The van der Waals surface area contributed by atoms with Gasteiger partial charge in [-0.3, -0.25) is 14.3 Å². The summed E-state index contributed by atoms with van der Waals surface area (Å²) in [5, 5.41) is 12.9. The number of aromatic nitrogens is 2. The third kappa shape index (κ3) is 2.64. The van der Waals surface area contributed by atoms with E-state index in [1.54, 1.807) is 15.8 Å². The molecule has 2 rings (SSSR count). The summed E-state index contributed by atoms with van der Waals surface area (Å²) in [6.07, 6.45) is 4.50. The van der Waals surface area contributed by atoms with Crippen LogP contribution in [0.4, 0.5) is 0 Å². The van der Waals surface area contributed by atoms with Crippen LogP contribution in [0.5, 0.6) is 0 Å². The number of hydrogen-bond acceptors (Lipinski definition) is 3. The minimum absolute atomic E-state index is 0.0682.